The maximum atomic E-state index is 9.15. The number of pyridine rings is 1. The molecule has 2 rings (SSSR count). The third kappa shape index (κ3) is 2.40. The van der Waals surface area contributed by atoms with Gasteiger partial charge in [-0.25, -0.2) is 4.98 Å². The minimum atomic E-state index is -0.0549. The molecule has 0 fully saturated rings. The van der Waals surface area contributed by atoms with Crippen LogP contribution in [0.25, 0.3) is 0 Å². The maximum Gasteiger partial charge on any atom is 0.233 e. The highest BCUT2D eigenvalue weighted by Gasteiger charge is 2.06. The Morgan fingerprint density at radius 3 is 2.75 bits per heavy atom. The van der Waals surface area contributed by atoms with Crippen LogP contribution in [0.4, 0.5) is 0 Å². The molecule has 1 heterocycles. The molecule has 1 N–H and O–H groups in total. The van der Waals surface area contributed by atoms with Crippen molar-refractivity contribution in [1.82, 2.24) is 4.98 Å². The summed E-state index contributed by atoms with van der Waals surface area (Å²) in [6.45, 7) is -0.0549. The number of aliphatic hydroxyl groups is 1. The molecule has 0 atom stereocenters. The monoisotopic (exact) mass is 279 g/mol. The fourth-order valence-corrected chi connectivity index (χ4v) is 1.62. The molecular weight excluding hydrogens is 270 g/mol. The molecule has 0 saturated carbocycles. The predicted octanol–water partition coefficient (Wildman–Crippen LogP) is 3.13. The number of halogens is 1. The first kappa shape index (κ1) is 11.1. The number of hydrogen-bond donors (Lipinski definition) is 1. The highest BCUT2D eigenvalue weighted by atomic mass is 79.9. The molecule has 0 unspecified atom stereocenters. The number of para-hydroxylation sites is 1. The van der Waals surface area contributed by atoms with Crippen LogP contribution >= 0.6 is 15.9 Å². The third-order valence-electron chi connectivity index (χ3n) is 2.07. The lowest BCUT2D eigenvalue weighted by Crippen LogP contribution is -1.93. The summed E-state index contributed by atoms with van der Waals surface area (Å²) in [6, 6.07) is 11.0. The molecule has 0 aliphatic rings. The van der Waals surface area contributed by atoms with Crippen molar-refractivity contribution in [3.05, 3.63) is 52.6 Å². The zero-order valence-corrected chi connectivity index (χ0v) is 10.0. The van der Waals surface area contributed by atoms with E-state index < -0.39 is 0 Å². The van der Waals surface area contributed by atoms with Crippen LogP contribution in [0.5, 0.6) is 11.6 Å². The number of aromatic nitrogens is 1. The second-order valence-electron chi connectivity index (χ2n) is 3.16. The van der Waals surface area contributed by atoms with Gasteiger partial charge in [-0.3, -0.25) is 0 Å². The standard InChI is InChI=1S/C12H10BrNO2/c13-10-5-3-7-14-12(10)16-11-6-2-1-4-9(11)8-15/h1-7,15H,8H2. The van der Waals surface area contributed by atoms with E-state index in [2.05, 4.69) is 20.9 Å². The molecule has 82 valence electrons. The van der Waals surface area contributed by atoms with E-state index in [1.807, 2.05) is 30.3 Å². The summed E-state index contributed by atoms with van der Waals surface area (Å²) in [7, 11) is 0. The molecule has 3 nitrogen and oxygen atoms in total. The Morgan fingerprint density at radius 2 is 2.00 bits per heavy atom. The summed E-state index contributed by atoms with van der Waals surface area (Å²) in [5.74, 6) is 1.10. The number of benzene rings is 1. The van der Waals surface area contributed by atoms with Gasteiger partial charge in [0.25, 0.3) is 0 Å². The number of aliphatic hydroxyl groups excluding tert-OH is 1. The molecule has 0 saturated heterocycles. The first-order valence-electron chi connectivity index (χ1n) is 4.78. The van der Waals surface area contributed by atoms with Crippen LogP contribution in [-0.2, 0) is 6.61 Å². The maximum absolute atomic E-state index is 9.15. The fourth-order valence-electron chi connectivity index (χ4n) is 1.28. The predicted molar refractivity (Wildman–Crippen MR) is 64.4 cm³/mol. The second-order valence-corrected chi connectivity index (χ2v) is 4.01. The minimum Gasteiger partial charge on any atom is -0.438 e. The van der Waals surface area contributed by atoms with Crippen molar-refractivity contribution in [2.75, 3.05) is 0 Å². The first-order chi connectivity index (χ1) is 7.81. The minimum absolute atomic E-state index is 0.0549. The van der Waals surface area contributed by atoms with Crippen LogP contribution in [0.15, 0.2) is 47.1 Å². The van der Waals surface area contributed by atoms with E-state index in [0.717, 1.165) is 10.0 Å². The van der Waals surface area contributed by atoms with Crippen molar-refractivity contribution in [2.24, 2.45) is 0 Å². The van der Waals surface area contributed by atoms with E-state index in [0.29, 0.717) is 11.6 Å². The molecule has 1 aromatic heterocycles. The third-order valence-corrected chi connectivity index (χ3v) is 2.68. The van der Waals surface area contributed by atoms with Crippen LogP contribution in [0, 0.1) is 0 Å². The van der Waals surface area contributed by atoms with E-state index in [1.165, 1.54) is 0 Å². The lowest BCUT2D eigenvalue weighted by molar-refractivity contribution is 0.276. The molecule has 0 radical (unpaired) electrons. The molecule has 0 spiro atoms. The van der Waals surface area contributed by atoms with Crippen LogP contribution in [0.3, 0.4) is 0 Å². The Morgan fingerprint density at radius 1 is 1.19 bits per heavy atom. The number of hydrogen-bond acceptors (Lipinski definition) is 3. The topological polar surface area (TPSA) is 42.4 Å². The largest absolute Gasteiger partial charge is 0.438 e. The molecule has 0 bridgehead atoms. The van der Waals surface area contributed by atoms with Crippen molar-refractivity contribution < 1.29 is 9.84 Å². The van der Waals surface area contributed by atoms with Crippen molar-refractivity contribution in [3.63, 3.8) is 0 Å². The molecular formula is C12H10BrNO2. The van der Waals surface area contributed by atoms with Gasteiger partial charge in [0.05, 0.1) is 11.1 Å². The van der Waals surface area contributed by atoms with Gasteiger partial charge in [0.15, 0.2) is 0 Å². The number of nitrogens with zero attached hydrogens (tertiary/aromatic N) is 1. The highest BCUT2D eigenvalue weighted by molar-refractivity contribution is 9.10. The molecule has 1 aromatic carbocycles. The van der Waals surface area contributed by atoms with E-state index in [9.17, 15) is 0 Å². The normalized spacial score (nSPS) is 10.1. The zero-order valence-electron chi connectivity index (χ0n) is 8.43. The van der Waals surface area contributed by atoms with Gasteiger partial charge in [-0.15, -0.1) is 0 Å². The van der Waals surface area contributed by atoms with Gasteiger partial charge < -0.3 is 9.84 Å². The van der Waals surface area contributed by atoms with Gasteiger partial charge in [0, 0.05) is 11.8 Å². The SMILES string of the molecule is OCc1ccccc1Oc1ncccc1Br. The van der Waals surface area contributed by atoms with E-state index in [-0.39, 0.29) is 6.61 Å². The summed E-state index contributed by atoms with van der Waals surface area (Å²) in [5, 5.41) is 9.15. The lowest BCUT2D eigenvalue weighted by atomic mass is 10.2. The molecule has 0 aliphatic carbocycles. The van der Waals surface area contributed by atoms with Crippen LogP contribution in [-0.4, -0.2) is 10.1 Å². The molecule has 4 heteroatoms. The highest BCUT2D eigenvalue weighted by Crippen LogP contribution is 2.28. The lowest BCUT2D eigenvalue weighted by Gasteiger charge is -2.09. The van der Waals surface area contributed by atoms with Crippen LogP contribution in [0.1, 0.15) is 5.56 Å². The number of ether oxygens (including phenoxy) is 1. The van der Waals surface area contributed by atoms with E-state index >= 15 is 0 Å². The van der Waals surface area contributed by atoms with Crippen molar-refractivity contribution in [2.45, 2.75) is 6.61 Å². The molecule has 16 heavy (non-hydrogen) atoms. The Balaban J connectivity index is 2.30. The van der Waals surface area contributed by atoms with Crippen molar-refractivity contribution >= 4 is 15.9 Å². The Hall–Kier alpha value is -1.39. The summed E-state index contributed by atoms with van der Waals surface area (Å²) < 4.78 is 6.39. The summed E-state index contributed by atoms with van der Waals surface area (Å²) >= 11 is 3.35. The number of rotatable bonds is 3. The van der Waals surface area contributed by atoms with Gasteiger partial charge in [-0.2, -0.15) is 0 Å². The Labute approximate surface area is 102 Å². The van der Waals surface area contributed by atoms with Gasteiger partial charge in [-0.1, -0.05) is 18.2 Å². The smallest absolute Gasteiger partial charge is 0.233 e. The summed E-state index contributed by atoms with van der Waals surface area (Å²) in [5.41, 5.74) is 0.736. The van der Waals surface area contributed by atoms with Gasteiger partial charge >= 0.3 is 0 Å². The van der Waals surface area contributed by atoms with E-state index in [4.69, 9.17) is 9.84 Å². The summed E-state index contributed by atoms with van der Waals surface area (Å²) in [6.07, 6.45) is 1.65. The van der Waals surface area contributed by atoms with Crippen LogP contribution in [0.2, 0.25) is 0 Å². The van der Waals surface area contributed by atoms with Gasteiger partial charge in [-0.05, 0) is 34.1 Å². The first-order valence-corrected chi connectivity index (χ1v) is 5.57. The Bertz CT molecular complexity index is 488. The van der Waals surface area contributed by atoms with Gasteiger partial charge in [0.1, 0.15) is 5.75 Å². The van der Waals surface area contributed by atoms with Crippen molar-refractivity contribution in [1.29, 1.82) is 0 Å². The average Bonchev–Trinajstić information content (AvgIpc) is 2.33. The van der Waals surface area contributed by atoms with E-state index in [1.54, 1.807) is 12.3 Å². The quantitative estimate of drug-likeness (QED) is 0.939. The Kier molecular flexibility index (Phi) is 3.54. The zero-order chi connectivity index (χ0) is 11.4. The van der Waals surface area contributed by atoms with Crippen LogP contribution < -0.4 is 4.74 Å². The fraction of sp³-hybridized carbons (Fsp3) is 0.0833. The second kappa shape index (κ2) is 5.09. The van der Waals surface area contributed by atoms with Gasteiger partial charge in [0.2, 0.25) is 5.88 Å². The molecule has 0 amide bonds. The van der Waals surface area contributed by atoms with Crippen molar-refractivity contribution in [3.8, 4) is 11.6 Å². The summed E-state index contributed by atoms with van der Waals surface area (Å²) in [4.78, 5) is 4.10. The molecule has 2 aromatic rings. The molecule has 0 aliphatic heterocycles. The average molecular weight is 280 g/mol.